The average Bonchev–Trinajstić information content (AvgIpc) is 2.52. The van der Waals surface area contributed by atoms with E-state index in [2.05, 4.69) is 11.8 Å². The lowest BCUT2D eigenvalue weighted by Gasteiger charge is -2.44. The molecule has 2 aliphatic rings. The zero-order valence-electron chi connectivity index (χ0n) is 13.9. The van der Waals surface area contributed by atoms with Gasteiger partial charge in [-0.2, -0.15) is 0 Å². The van der Waals surface area contributed by atoms with Gasteiger partial charge in [0, 0.05) is 19.0 Å². The highest BCUT2D eigenvalue weighted by molar-refractivity contribution is 5.76. The Morgan fingerprint density at radius 1 is 1.14 bits per heavy atom. The van der Waals surface area contributed by atoms with Gasteiger partial charge in [0.2, 0.25) is 5.91 Å². The third-order valence-corrected chi connectivity index (χ3v) is 5.60. The number of carbonyl (C=O) groups excluding carboxylic acids is 1. The van der Waals surface area contributed by atoms with Crippen molar-refractivity contribution in [3.63, 3.8) is 0 Å². The molecule has 1 aliphatic carbocycles. The van der Waals surface area contributed by atoms with Crippen molar-refractivity contribution in [3.8, 4) is 0 Å². The Hall–Kier alpha value is -0.570. The van der Waals surface area contributed by atoms with Gasteiger partial charge in [0.05, 0.1) is 0 Å². The minimum atomic E-state index is 0.421. The number of hydrogen-bond donors (Lipinski definition) is 1. The zero-order valence-corrected chi connectivity index (χ0v) is 13.9. The van der Waals surface area contributed by atoms with E-state index in [1.54, 1.807) is 0 Å². The maximum Gasteiger partial charge on any atom is 0.222 e. The summed E-state index contributed by atoms with van der Waals surface area (Å²) in [4.78, 5) is 14.9. The monoisotopic (exact) mass is 294 g/mol. The maximum absolute atomic E-state index is 12.7. The Balaban J connectivity index is 1.83. The van der Waals surface area contributed by atoms with Crippen molar-refractivity contribution >= 4 is 5.91 Å². The Bertz CT molecular complexity index is 310. The number of carbonyl (C=O) groups is 1. The van der Waals surface area contributed by atoms with Crippen LogP contribution in [-0.4, -0.2) is 29.9 Å². The van der Waals surface area contributed by atoms with E-state index in [0.717, 1.165) is 38.3 Å². The van der Waals surface area contributed by atoms with Crippen molar-refractivity contribution in [1.82, 2.24) is 4.90 Å². The first-order valence-electron chi connectivity index (χ1n) is 9.25. The molecule has 2 rings (SSSR count). The van der Waals surface area contributed by atoms with Crippen LogP contribution in [0, 0.1) is 11.8 Å². The van der Waals surface area contributed by atoms with Gasteiger partial charge in [-0.3, -0.25) is 4.79 Å². The van der Waals surface area contributed by atoms with Crippen LogP contribution >= 0.6 is 0 Å². The standard InChI is InChI=1S/C18H34N2O/c1-2-6-15(12-13-19)10-11-18(21)20-14-5-8-16-7-3-4-9-17(16)20/h15-17H,2-14,19H2,1H3. The summed E-state index contributed by atoms with van der Waals surface area (Å²) in [5, 5.41) is 0. The van der Waals surface area contributed by atoms with E-state index in [1.165, 1.54) is 51.4 Å². The molecule has 0 aromatic heterocycles. The van der Waals surface area contributed by atoms with Crippen LogP contribution in [0.5, 0.6) is 0 Å². The SMILES string of the molecule is CCCC(CCN)CCC(=O)N1CCCC2CCCCC21. The van der Waals surface area contributed by atoms with Crippen LogP contribution < -0.4 is 5.73 Å². The first-order valence-corrected chi connectivity index (χ1v) is 9.25. The molecular formula is C18H34N2O. The molecule has 3 nitrogen and oxygen atoms in total. The summed E-state index contributed by atoms with van der Waals surface area (Å²) < 4.78 is 0. The van der Waals surface area contributed by atoms with Crippen molar-refractivity contribution in [2.24, 2.45) is 17.6 Å². The predicted octanol–water partition coefficient (Wildman–Crippen LogP) is 3.71. The molecule has 0 bridgehead atoms. The Morgan fingerprint density at radius 2 is 1.90 bits per heavy atom. The lowest BCUT2D eigenvalue weighted by Crippen LogP contribution is -2.49. The molecule has 0 spiro atoms. The fourth-order valence-electron chi connectivity index (χ4n) is 4.48. The summed E-state index contributed by atoms with van der Waals surface area (Å²) in [5.74, 6) is 1.87. The maximum atomic E-state index is 12.7. The summed E-state index contributed by atoms with van der Waals surface area (Å²) in [7, 11) is 0. The minimum absolute atomic E-state index is 0.421. The van der Waals surface area contributed by atoms with Crippen LogP contribution in [0.25, 0.3) is 0 Å². The molecule has 0 radical (unpaired) electrons. The van der Waals surface area contributed by atoms with Crippen LogP contribution in [0.4, 0.5) is 0 Å². The van der Waals surface area contributed by atoms with Crippen molar-refractivity contribution in [2.75, 3.05) is 13.1 Å². The second kappa shape index (κ2) is 8.77. The lowest BCUT2D eigenvalue weighted by atomic mass is 9.78. The largest absolute Gasteiger partial charge is 0.339 e. The third kappa shape index (κ3) is 4.70. The first-order chi connectivity index (χ1) is 10.3. The number of nitrogens with two attached hydrogens (primary N) is 1. The number of fused-ring (bicyclic) bond motifs is 1. The molecule has 1 saturated heterocycles. The zero-order chi connectivity index (χ0) is 15.1. The second-order valence-corrected chi connectivity index (χ2v) is 7.11. The Kier molecular flexibility index (Phi) is 7.01. The van der Waals surface area contributed by atoms with Crippen molar-refractivity contribution in [2.45, 2.75) is 83.6 Å². The van der Waals surface area contributed by atoms with Gasteiger partial charge in [0.25, 0.3) is 0 Å². The number of hydrogen-bond acceptors (Lipinski definition) is 2. The van der Waals surface area contributed by atoms with Gasteiger partial charge < -0.3 is 10.6 Å². The second-order valence-electron chi connectivity index (χ2n) is 7.11. The molecule has 0 aromatic rings. The molecule has 0 aromatic carbocycles. The van der Waals surface area contributed by atoms with E-state index >= 15 is 0 Å². The lowest BCUT2D eigenvalue weighted by molar-refractivity contribution is -0.137. The molecule has 3 heteroatoms. The Labute approximate surface area is 130 Å². The third-order valence-electron chi connectivity index (χ3n) is 5.60. The molecule has 3 atom stereocenters. The van der Waals surface area contributed by atoms with Gasteiger partial charge in [-0.1, -0.05) is 32.6 Å². The summed E-state index contributed by atoms with van der Waals surface area (Å²) in [6, 6.07) is 0.569. The Morgan fingerprint density at radius 3 is 2.67 bits per heavy atom. The molecule has 122 valence electrons. The summed E-state index contributed by atoms with van der Waals surface area (Å²) in [6.45, 7) is 3.99. The highest BCUT2D eigenvalue weighted by Gasteiger charge is 2.35. The number of piperidine rings is 1. The van der Waals surface area contributed by atoms with Gasteiger partial charge in [0.1, 0.15) is 0 Å². The molecule has 1 saturated carbocycles. The van der Waals surface area contributed by atoms with E-state index in [9.17, 15) is 4.79 Å². The molecular weight excluding hydrogens is 260 g/mol. The number of amides is 1. The van der Waals surface area contributed by atoms with E-state index in [-0.39, 0.29) is 0 Å². The number of rotatable bonds is 7. The van der Waals surface area contributed by atoms with Gasteiger partial charge in [-0.25, -0.2) is 0 Å². The molecule has 2 N–H and O–H groups in total. The van der Waals surface area contributed by atoms with Crippen LogP contribution in [0.3, 0.4) is 0 Å². The van der Waals surface area contributed by atoms with E-state index in [4.69, 9.17) is 5.73 Å². The molecule has 1 aliphatic heterocycles. The summed E-state index contributed by atoms with van der Waals surface area (Å²) >= 11 is 0. The predicted molar refractivity (Wildman–Crippen MR) is 88.0 cm³/mol. The normalized spacial score (nSPS) is 27.2. The van der Waals surface area contributed by atoms with Crippen LogP contribution in [0.1, 0.15) is 77.6 Å². The van der Waals surface area contributed by atoms with E-state index < -0.39 is 0 Å². The first kappa shape index (κ1) is 16.8. The van der Waals surface area contributed by atoms with Crippen LogP contribution in [0.15, 0.2) is 0 Å². The average molecular weight is 294 g/mol. The molecule has 1 heterocycles. The smallest absolute Gasteiger partial charge is 0.222 e. The molecule has 3 unspecified atom stereocenters. The van der Waals surface area contributed by atoms with Crippen molar-refractivity contribution < 1.29 is 4.79 Å². The van der Waals surface area contributed by atoms with E-state index in [0.29, 0.717) is 17.9 Å². The highest BCUT2D eigenvalue weighted by Crippen LogP contribution is 2.35. The topological polar surface area (TPSA) is 46.3 Å². The van der Waals surface area contributed by atoms with Crippen molar-refractivity contribution in [1.29, 1.82) is 0 Å². The van der Waals surface area contributed by atoms with Crippen molar-refractivity contribution in [3.05, 3.63) is 0 Å². The summed E-state index contributed by atoms with van der Waals surface area (Å²) in [5.41, 5.74) is 5.70. The van der Waals surface area contributed by atoms with Gasteiger partial charge >= 0.3 is 0 Å². The number of likely N-dealkylation sites (tertiary alicyclic amines) is 1. The quantitative estimate of drug-likeness (QED) is 0.778. The molecule has 2 fully saturated rings. The van der Waals surface area contributed by atoms with Crippen LogP contribution in [0.2, 0.25) is 0 Å². The van der Waals surface area contributed by atoms with Gasteiger partial charge in [-0.15, -0.1) is 0 Å². The van der Waals surface area contributed by atoms with Crippen LogP contribution in [-0.2, 0) is 4.79 Å². The van der Waals surface area contributed by atoms with Gasteiger partial charge in [0.15, 0.2) is 0 Å². The van der Waals surface area contributed by atoms with E-state index in [1.807, 2.05) is 0 Å². The van der Waals surface area contributed by atoms with Gasteiger partial charge in [-0.05, 0) is 56.9 Å². The molecule has 1 amide bonds. The number of nitrogens with zero attached hydrogens (tertiary/aromatic N) is 1. The summed E-state index contributed by atoms with van der Waals surface area (Å²) in [6.07, 6.45) is 13.1. The minimum Gasteiger partial charge on any atom is -0.339 e. The fourth-order valence-corrected chi connectivity index (χ4v) is 4.48. The highest BCUT2D eigenvalue weighted by atomic mass is 16.2. The molecule has 21 heavy (non-hydrogen) atoms. The fraction of sp³-hybridized carbons (Fsp3) is 0.944.